The zero-order valence-electron chi connectivity index (χ0n) is 28.1. The molecule has 0 saturated heterocycles. The minimum absolute atomic E-state index is 0.0648. The van der Waals surface area contributed by atoms with Gasteiger partial charge in [0.1, 0.15) is 11.5 Å². The van der Waals surface area contributed by atoms with Gasteiger partial charge < -0.3 is 14.9 Å². The SMILES string of the molecule is C=C(C)C(C)=O.C=CC.CC.CC.CCc1ccc(Oc2ccc(C(C)(C)C)cc2)cc1.Cc1cc(O)c(O)c(Cl)c1. The predicted molar refractivity (Wildman–Crippen MR) is 185 cm³/mol. The third-order valence-electron chi connectivity index (χ3n) is 5.08. The highest BCUT2D eigenvalue weighted by molar-refractivity contribution is 6.32. The van der Waals surface area contributed by atoms with Gasteiger partial charge in [-0.15, -0.1) is 6.58 Å². The molecule has 0 aliphatic rings. The van der Waals surface area contributed by atoms with Gasteiger partial charge in [-0.3, -0.25) is 4.79 Å². The van der Waals surface area contributed by atoms with E-state index in [0.717, 1.165) is 23.5 Å². The van der Waals surface area contributed by atoms with Crippen molar-refractivity contribution in [3.63, 3.8) is 0 Å². The zero-order chi connectivity index (χ0) is 33.5. The highest BCUT2D eigenvalue weighted by atomic mass is 35.5. The molecule has 0 aliphatic heterocycles. The van der Waals surface area contributed by atoms with Crippen LogP contribution in [0.2, 0.25) is 5.02 Å². The summed E-state index contributed by atoms with van der Waals surface area (Å²) in [6.07, 6.45) is 2.81. The number of carbonyl (C=O) groups excluding carboxylic acids is 1. The third kappa shape index (κ3) is 19.6. The molecule has 4 nitrogen and oxygen atoms in total. The number of allylic oxidation sites excluding steroid dienone is 2. The Kier molecular flexibility index (Phi) is 24.7. The summed E-state index contributed by atoms with van der Waals surface area (Å²) in [7, 11) is 0. The van der Waals surface area contributed by atoms with Gasteiger partial charge in [-0.05, 0) is 98.2 Å². The predicted octanol–water partition coefficient (Wildman–Crippen LogP) is 11.8. The molecule has 0 atom stereocenters. The summed E-state index contributed by atoms with van der Waals surface area (Å²) in [5.74, 6) is 1.41. The second-order valence-corrected chi connectivity index (χ2v) is 10.1. The number of carbonyl (C=O) groups is 1. The molecule has 3 aromatic carbocycles. The van der Waals surface area contributed by atoms with Gasteiger partial charge in [0.2, 0.25) is 0 Å². The van der Waals surface area contributed by atoms with Crippen LogP contribution in [0.3, 0.4) is 0 Å². The average Bonchev–Trinajstić information content (AvgIpc) is 2.95. The van der Waals surface area contributed by atoms with E-state index in [-0.39, 0.29) is 27.7 Å². The first-order chi connectivity index (χ1) is 19.7. The molecule has 0 heterocycles. The number of rotatable bonds is 4. The highest BCUT2D eigenvalue weighted by Gasteiger charge is 2.13. The minimum Gasteiger partial charge on any atom is -0.504 e. The van der Waals surface area contributed by atoms with Gasteiger partial charge in [0.15, 0.2) is 17.3 Å². The van der Waals surface area contributed by atoms with E-state index in [4.69, 9.17) is 26.6 Å². The van der Waals surface area contributed by atoms with Crippen LogP contribution in [0, 0.1) is 6.92 Å². The van der Waals surface area contributed by atoms with Crippen molar-refractivity contribution >= 4 is 17.4 Å². The van der Waals surface area contributed by atoms with Gasteiger partial charge in [0.25, 0.3) is 0 Å². The van der Waals surface area contributed by atoms with Crippen molar-refractivity contribution in [3.8, 4) is 23.0 Å². The van der Waals surface area contributed by atoms with E-state index in [1.807, 2.05) is 58.9 Å². The van der Waals surface area contributed by atoms with E-state index in [2.05, 4.69) is 65.1 Å². The number of ether oxygens (including phenoxy) is 1. The maximum Gasteiger partial charge on any atom is 0.176 e. The second-order valence-electron chi connectivity index (χ2n) is 9.73. The van der Waals surface area contributed by atoms with Gasteiger partial charge in [-0.1, -0.05) is 104 Å². The van der Waals surface area contributed by atoms with Crippen LogP contribution in [0.1, 0.15) is 92.9 Å². The van der Waals surface area contributed by atoms with Crippen LogP contribution in [-0.2, 0) is 16.6 Å². The Balaban J connectivity index is -0.000000555. The molecule has 0 spiro atoms. The molecule has 0 aromatic heterocycles. The van der Waals surface area contributed by atoms with Crippen molar-refractivity contribution < 1.29 is 19.7 Å². The molecule has 0 radical (unpaired) electrons. The van der Waals surface area contributed by atoms with Gasteiger partial charge in [-0.2, -0.15) is 0 Å². The quantitative estimate of drug-likeness (QED) is 0.178. The van der Waals surface area contributed by atoms with Crippen molar-refractivity contribution in [3.05, 3.63) is 107 Å². The van der Waals surface area contributed by atoms with Crippen LogP contribution in [0.15, 0.2) is 85.5 Å². The highest BCUT2D eigenvalue weighted by Crippen LogP contribution is 2.33. The van der Waals surface area contributed by atoms with Crippen LogP contribution >= 0.6 is 11.6 Å². The summed E-state index contributed by atoms with van der Waals surface area (Å²) in [4.78, 5) is 10.0. The van der Waals surface area contributed by atoms with Crippen LogP contribution in [0.5, 0.6) is 23.0 Å². The van der Waals surface area contributed by atoms with Crippen molar-refractivity contribution in [1.29, 1.82) is 0 Å². The number of aryl methyl sites for hydroxylation is 2. The average molecular weight is 599 g/mol. The van der Waals surface area contributed by atoms with E-state index in [1.165, 1.54) is 24.1 Å². The molecule has 234 valence electrons. The third-order valence-corrected chi connectivity index (χ3v) is 5.36. The van der Waals surface area contributed by atoms with Crippen molar-refractivity contribution in [2.45, 2.75) is 94.9 Å². The van der Waals surface area contributed by atoms with Crippen LogP contribution < -0.4 is 4.74 Å². The lowest BCUT2D eigenvalue weighted by atomic mass is 9.87. The number of phenolic OH excluding ortho intramolecular Hbond substituents is 2. The molecule has 0 saturated carbocycles. The summed E-state index contributed by atoms with van der Waals surface area (Å²) < 4.78 is 5.85. The van der Waals surface area contributed by atoms with E-state index >= 15 is 0 Å². The van der Waals surface area contributed by atoms with E-state index in [9.17, 15) is 4.79 Å². The molecular formula is C37H55ClO4. The number of aromatic hydroxyl groups is 2. The molecule has 0 unspecified atom stereocenters. The monoisotopic (exact) mass is 598 g/mol. The molecule has 0 bridgehead atoms. The molecular weight excluding hydrogens is 544 g/mol. The number of phenols is 2. The fraction of sp³-hybridized carbons (Fsp3) is 0.378. The fourth-order valence-corrected chi connectivity index (χ4v) is 2.94. The Morgan fingerprint density at radius 1 is 0.905 bits per heavy atom. The maximum absolute atomic E-state index is 10.0. The number of hydrogen-bond acceptors (Lipinski definition) is 4. The maximum atomic E-state index is 10.0. The molecule has 0 fully saturated rings. The Morgan fingerprint density at radius 2 is 1.29 bits per heavy atom. The van der Waals surface area contributed by atoms with Gasteiger partial charge in [0.05, 0.1) is 5.02 Å². The molecule has 42 heavy (non-hydrogen) atoms. The summed E-state index contributed by atoms with van der Waals surface area (Å²) >= 11 is 5.51. The van der Waals surface area contributed by atoms with Gasteiger partial charge in [-0.25, -0.2) is 0 Å². The first-order valence-corrected chi connectivity index (χ1v) is 14.8. The number of hydrogen-bond donors (Lipinski definition) is 2. The normalized spacial score (nSPS) is 9.17. The summed E-state index contributed by atoms with van der Waals surface area (Å²) in [5.41, 5.74) is 4.27. The van der Waals surface area contributed by atoms with Gasteiger partial charge in [0, 0.05) is 0 Å². The number of ketones is 1. The van der Waals surface area contributed by atoms with Crippen LogP contribution in [0.4, 0.5) is 0 Å². The topological polar surface area (TPSA) is 66.8 Å². The molecule has 5 heteroatoms. The Bertz CT molecular complexity index is 1120. The molecule has 3 aromatic rings. The summed E-state index contributed by atoms with van der Waals surface area (Å²) in [6.45, 7) is 30.4. The van der Waals surface area contributed by atoms with E-state index in [1.54, 1.807) is 26.0 Å². The zero-order valence-corrected chi connectivity index (χ0v) is 28.8. The number of halogens is 1. The lowest BCUT2D eigenvalue weighted by Crippen LogP contribution is -2.10. The standard InChI is InChI=1S/C18H22O.C7H7ClO2.C5H8O.C3H6.2C2H6/c1-5-14-6-10-16(11-7-14)19-17-12-8-15(9-13-17)18(2,3)4;1-4-2-5(8)7(10)6(9)3-4;1-4(2)5(3)6;1-3-2;2*1-2/h6-13H,5H2,1-4H3;2-3,9-10H,1H3;1H2,2-3H3;3H,1H2,2H3;2*1-2H3. The lowest BCUT2D eigenvalue weighted by Gasteiger charge is -2.19. The Hall–Kier alpha value is -3.50. The Labute approximate surface area is 261 Å². The largest absolute Gasteiger partial charge is 0.504 e. The molecule has 3 rings (SSSR count). The smallest absolute Gasteiger partial charge is 0.176 e. The van der Waals surface area contributed by atoms with E-state index in [0.29, 0.717) is 5.57 Å². The lowest BCUT2D eigenvalue weighted by molar-refractivity contribution is -0.113. The van der Waals surface area contributed by atoms with Crippen molar-refractivity contribution in [2.24, 2.45) is 0 Å². The second kappa shape index (κ2) is 24.1. The van der Waals surface area contributed by atoms with Crippen LogP contribution in [0.25, 0.3) is 0 Å². The van der Waals surface area contributed by atoms with Crippen molar-refractivity contribution in [2.75, 3.05) is 0 Å². The molecule has 2 N–H and O–H groups in total. The first kappa shape index (κ1) is 43.0. The van der Waals surface area contributed by atoms with Crippen molar-refractivity contribution in [1.82, 2.24) is 0 Å². The number of benzene rings is 3. The number of Topliss-reactive ketones (excluding diaryl/α,β-unsaturated/α-hetero) is 1. The summed E-state index contributed by atoms with van der Waals surface area (Å²) in [5, 5.41) is 18.1. The van der Waals surface area contributed by atoms with E-state index < -0.39 is 0 Å². The fourth-order valence-electron chi connectivity index (χ4n) is 2.67. The molecule has 0 amide bonds. The van der Waals surface area contributed by atoms with Crippen LogP contribution in [-0.4, -0.2) is 16.0 Å². The Morgan fingerprint density at radius 3 is 1.60 bits per heavy atom. The summed E-state index contributed by atoms with van der Waals surface area (Å²) in [6, 6.07) is 19.6. The first-order valence-electron chi connectivity index (χ1n) is 14.4. The molecule has 0 aliphatic carbocycles. The van der Waals surface area contributed by atoms with Gasteiger partial charge >= 0.3 is 0 Å². The minimum atomic E-state index is -0.257.